The second kappa shape index (κ2) is 13.0. The Morgan fingerprint density at radius 2 is 1.95 bits per heavy atom. The molecule has 10 nitrogen and oxygen atoms in total. The molecule has 1 aliphatic rings. The molecular formula is C29H33F2N4O6P. The Bertz CT molecular complexity index is 1550. The van der Waals surface area contributed by atoms with Crippen LogP contribution in [0.5, 0.6) is 5.75 Å². The van der Waals surface area contributed by atoms with E-state index < -0.39 is 43.6 Å². The van der Waals surface area contributed by atoms with Gasteiger partial charge in [0.05, 0.1) is 17.7 Å². The van der Waals surface area contributed by atoms with E-state index in [1.807, 2.05) is 0 Å². The van der Waals surface area contributed by atoms with Gasteiger partial charge in [-0.25, -0.2) is 8.78 Å². The maximum absolute atomic E-state index is 14.1. The number of carbonyl (C=O) groups is 3. The first-order valence-electron chi connectivity index (χ1n) is 13.5. The van der Waals surface area contributed by atoms with E-state index in [1.165, 1.54) is 41.7 Å². The number of pyridine rings is 1. The molecule has 3 aromatic rings. The normalized spacial score (nSPS) is 14.9. The number of benzene rings is 2. The number of carbonyl (C=O) groups excluding carboxylic acids is 3. The van der Waals surface area contributed by atoms with Gasteiger partial charge in [-0.3, -0.25) is 24.5 Å². The molecule has 2 heterocycles. The first kappa shape index (κ1) is 31.1. The molecule has 0 radical (unpaired) electrons. The molecule has 0 saturated carbocycles. The van der Waals surface area contributed by atoms with Crippen molar-refractivity contribution in [2.45, 2.75) is 33.0 Å². The van der Waals surface area contributed by atoms with E-state index >= 15 is 0 Å². The van der Waals surface area contributed by atoms with E-state index in [1.54, 1.807) is 31.2 Å². The lowest BCUT2D eigenvalue weighted by Gasteiger charge is -2.26. The van der Waals surface area contributed by atoms with Crippen LogP contribution in [0.1, 0.15) is 45.7 Å². The van der Waals surface area contributed by atoms with Gasteiger partial charge in [0.25, 0.3) is 11.8 Å². The molecule has 42 heavy (non-hydrogen) atoms. The summed E-state index contributed by atoms with van der Waals surface area (Å²) >= 11 is 0. The number of hydrogen-bond donors (Lipinski definition) is 2. The maximum Gasteiger partial charge on any atom is 0.323 e. The van der Waals surface area contributed by atoms with E-state index in [-0.39, 0.29) is 72.3 Å². The Morgan fingerprint density at radius 1 is 1.24 bits per heavy atom. The van der Waals surface area contributed by atoms with Gasteiger partial charge >= 0.3 is 5.97 Å². The van der Waals surface area contributed by atoms with Gasteiger partial charge in [0, 0.05) is 56.2 Å². The molecule has 1 aliphatic heterocycles. The van der Waals surface area contributed by atoms with Crippen LogP contribution < -0.4 is 5.09 Å². The lowest BCUT2D eigenvalue weighted by molar-refractivity contribution is -0.144. The van der Waals surface area contributed by atoms with Crippen molar-refractivity contribution in [2.75, 3.05) is 39.2 Å². The van der Waals surface area contributed by atoms with Gasteiger partial charge in [-0.05, 0) is 37.6 Å². The molecular weight excluding hydrogens is 569 g/mol. The number of aromatic nitrogens is 1. The van der Waals surface area contributed by atoms with Crippen LogP contribution in [0, 0.1) is 5.82 Å². The molecule has 0 fully saturated rings. The second-order valence-electron chi connectivity index (χ2n) is 10.2. The van der Waals surface area contributed by atoms with Crippen LogP contribution in [0.3, 0.4) is 0 Å². The van der Waals surface area contributed by atoms with Crippen molar-refractivity contribution < 1.29 is 37.6 Å². The lowest BCUT2D eigenvalue weighted by Crippen LogP contribution is -2.38. The molecule has 2 aromatic carbocycles. The minimum atomic E-state index is -3.18. The average molecular weight is 603 g/mol. The van der Waals surface area contributed by atoms with Crippen molar-refractivity contribution in [3.8, 4) is 5.75 Å². The molecule has 0 spiro atoms. The molecule has 13 heteroatoms. The molecule has 2 amide bonds. The molecule has 224 valence electrons. The van der Waals surface area contributed by atoms with Crippen molar-refractivity contribution in [1.29, 1.82) is 0 Å². The number of fused-ring (bicyclic) bond motifs is 2. The van der Waals surface area contributed by atoms with Gasteiger partial charge in [-0.15, -0.1) is 0 Å². The van der Waals surface area contributed by atoms with Crippen LogP contribution in [0.2, 0.25) is 0 Å². The van der Waals surface area contributed by atoms with E-state index in [0.717, 1.165) is 0 Å². The van der Waals surface area contributed by atoms with Crippen molar-refractivity contribution in [3.63, 3.8) is 0 Å². The Labute approximate surface area is 242 Å². The molecule has 1 aromatic heterocycles. The number of amides is 2. The summed E-state index contributed by atoms with van der Waals surface area (Å²) in [6, 6.07) is 7.95. The highest BCUT2D eigenvalue weighted by Gasteiger charge is 2.38. The van der Waals surface area contributed by atoms with Gasteiger partial charge < -0.3 is 24.2 Å². The van der Waals surface area contributed by atoms with E-state index in [0.29, 0.717) is 5.56 Å². The smallest absolute Gasteiger partial charge is 0.323 e. The fraction of sp³-hybridized carbons (Fsp3) is 0.379. The number of aromatic hydroxyl groups is 1. The molecule has 2 atom stereocenters. The second-order valence-corrected chi connectivity index (χ2v) is 13.1. The summed E-state index contributed by atoms with van der Waals surface area (Å²) in [5, 5.41) is 14.1. The van der Waals surface area contributed by atoms with Crippen LogP contribution in [0.15, 0.2) is 42.6 Å². The topological polar surface area (TPSA) is 129 Å². The quantitative estimate of drug-likeness (QED) is 0.234. The number of nitrogens with zero attached hydrogens (tertiary/aromatic N) is 3. The van der Waals surface area contributed by atoms with Gasteiger partial charge in [0.1, 0.15) is 31.3 Å². The summed E-state index contributed by atoms with van der Waals surface area (Å²) < 4.78 is 45.3. The number of esters is 1. The summed E-state index contributed by atoms with van der Waals surface area (Å²) in [6.07, 6.45) is 1.36. The highest BCUT2D eigenvalue weighted by Crippen LogP contribution is 2.41. The number of rotatable bonds is 12. The molecule has 0 bridgehead atoms. The monoisotopic (exact) mass is 602 g/mol. The Hall–Kier alpha value is -3.89. The molecule has 1 unspecified atom stereocenters. The van der Waals surface area contributed by atoms with E-state index in [2.05, 4.69) is 10.1 Å². The van der Waals surface area contributed by atoms with E-state index in [4.69, 9.17) is 4.74 Å². The number of nitrogens with one attached hydrogen (secondary N) is 1. The molecule has 2 N–H and O–H groups in total. The summed E-state index contributed by atoms with van der Waals surface area (Å²) in [6.45, 7) is 3.56. The zero-order chi connectivity index (χ0) is 30.6. The van der Waals surface area contributed by atoms with Gasteiger partial charge in [0.2, 0.25) is 0 Å². The summed E-state index contributed by atoms with van der Waals surface area (Å²) in [4.78, 5) is 46.4. The SMILES string of the molecule is CCOC(=O)[C@H](C)NP(C)(=O)CCN(CCF)C(=O)c1c2c(c(O)c3ncccc13)C(=O)N(Cc1ccc(F)cc1)C2. The Kier molecular flexibility index (Phi) is 9.58. The van der Waals surface area contributed by atoms with Gasteiger partial charge in [-0.2, -0.15) is 0 Å². The zero-order valence-corrected chi connectivity index (χ0v) is 24.5. The fourth-order valence-corrected chi connectivity index (χ4v) is 6.69. The first-order chi connectivity index (χ1) is 20.0. The predicted octanol–water partition coefficient (Wildman–Crippen LogP) is 4.10. The van der Waals surface area contributed by atoms with Gasteiger partial charge in [0.15, 0.2) is 5.75 Å². The van der Waals surface area contributed by atoms with Crippen LogP contribution in [0.25, 0.3) is 10.9 Å². The highest BCUT2D eigenvalue weighted by atomic mass is 31.2. The molecule has 0 aliphatic carbocycles. The Morgan fingerprint density at radius 3 is 2.62 bits per heavy atom. The Balaban J connectivity index is 1.66. The number of hydrogen-bond acceptors (Lipinski definition) is 7. The van der Waals surface area contributed by atoms with Crippen molar-refractivity contribution in [1.82, 2.24) is 19.9 Å². The zero-order valence-electron chi connectivity index (χ0n) is 23.6. The first-order valence-corrected chi connectivity index (χ1v) is 15.8. The van der Waals surface area contributed by atoms with Crippen molar-refractivity contribution >= 4 is 36.0 Å². The predicted molar refractivity (Wildman–Crippen MR) is 153 cm³/mol. The van der Waals surface area contributed by atoms with Crippen LogP contribution >= 0.6 is 7.29 Å². The number of ether oxygens (including phenoxy) is 1. The largest absolute Gasteiger partial charge is 0.505 e. The van der Waals surface area contributed by atoms with Crippen LogP contribution in [-0.4, -0.2) is 82.9 Å². The minimum absolute atomic E-state index is 0.0284. The van der Waals surface area contributed by atoms with Crippen LogP contribution in [-0.2, 0) is 27.2 Å². The summed E-state index contributed by atoms with van der Waals surface area (Å²) in [5.74, 6) is -2.49. The summed E-state index contributed by atoms with van der Waals surface area (Å²) in [5.41, 5.74) is 0.978. The number of halogens is 2. The molecule has 4 rings (SSSR count). The standard InChI is InChI=1S/C29H33F2N4O6P/c1-4-41-29(39)18(2)33-42(3,40)15-14-34(13-11-30)27(37)23-21-6-5-12-32-25(21)26(36)24-22(23)17-35(28(24)38)16-19-7-9-20(31)10-8-19/h5-10,12,18,36H,4,11,13-17H2,1-3H3,(H,33,40)/t18-,42?/m0/s1. The van der Waals surface area contributed by atoms with Gasteiger partial charge in [-0.1, -0.05) is 18.2 Å². The third-order valence-electron chi connectivity index (χ3n) is 7.04. The average Bonchev–Trinajstić information content (AvgIpc) is 3.27. The third-order valence-corrected chi connectivity index (χ3v) is 9.02. The summed E-state index contributed by atoms with van der Waals surface area (Å²) in [7, 11) is -3.18. The maximum atomic E-state index is 14.1. The number of alkyl halides is 1. The minimum Gasteiger partial charge on any atom is -0.505 e. The molecule has 0 saturated heterocycles. The number of phenols is 1. The highest BCUT2D eigenvalue weighted by molar-refractivity contribution is 7.61. The van der Waals surface area contributed by atoms with E-state index in [9.17, 15) is 32.8 Å². The van der Waals surface area contributed by atoms with Crippen LogP contribution in [0.4, 0.5) is 8.78 Å². The fourth-order valence-electron chi connectivity index (χ4n) is 5.02. The van der Waals surface area contributed by atoms with Crippen molar-refractivity contribution in [2.24, 2.45) is 0 Å². The lowest BCUT2D eigenvalue weighted by atomic mass is 9.95. The third kappa shape index (κ3) is 6.60. The number of phenolic OH excluding ortho intramolecular Hbond substituents is 1. The van der Waals surface area contributed by atoms with Crippen molar-refractivity contribution in [3.05, 3.63) is 70.7 Å².